The molecule has 0 atom stereocenters. The fourth-order valence-electron chi connectivity index (χ4n) is 1.69. The van der Waals surface area contributed by atoms with Crippen molar-refractivity contribution in [1.82, 2.24) is 10.2 Å². The highest BCUT2D eigenvalue weighted by Crippen LogP contribution is 2.05. The number of likely N-dealkylation sites (N-methyl/N-ethyl adjacent to an activating group) is 1. The molecule has 0 aliphatic rings. The molecule has 106 valence electrons. The highest BCUT2D eigenvalue weighted by Gasteiger charge is 2.12. The molecule has 1 amide bonds. The van der Waals surface area contributed by atoms with E-state index in [0.29, 0.717) is 17.7 Å². The van der Waals surface area contributed by atoms with Gasteiger partial charge >= 0.3 is 0 Å². The van der Waals surface area contributed by atoms with Crippen LogP contribution in [0.1, 0.15) is 29.3 Å². The van der Waals surface area contributed by atoms with Crippen LogP contribution in [-0.4, -0.2) is 43.3 Å². The normalized spacial score (nSPS) is 10.1. The predicted molar refractivity (Wildman–Crippen MR) is 76.3 cm³/mol. The van der Waals surface area contributed by atoms with Gasteiger partial charge in [0.2, 0.25) is 5.91 Å². The first-order chi connectivity index (χ1) is 9.56. The van der Waals surface area contributed by atoms with Gasteiger partial charge in [-0.1, -0.05) is 19.1 Å². The first kappa shape index (κ1) is 15.9. The van der Waals surface area contributed by atoms with Gasteiger partial charge in [-0.05, 0) is 25.6 Å². The van der Waals surface area contributed by atoms with Gasteiger partial charge in [0.15, 0.2) is 5.78 Å². The average Bonchev–Trinajstić information content (AvgIpc) is 2.45. The van der Waals surface area contributed by atoms with Crippen molar-refractivity contribution in [3.8, 4) is 6.07 Å². The molecule has 0 heterocycles. The zero-order chi connectivity index (χ0) is 15.0. The van der Waals surface area contributed by atoms with E-state index in [4.69, 9.17) is 5.26 Å². The second kappa shape index (κ2) is 8.08. The minimum atomic E-state index is -0.0815. The summed E-state index contributed by atoms with van der Waals surface area (Å²) in [7, 11) is 1.73. The van der Waals surface area contributed by atoms with Crippen LogP contribution in [0.25, 0.3) is 0 Å². The Bertz CT molecular complexity index is 503. The number of rotatable bonds is 7. The molecule has 0 unspecified atom stereocenters. The molecule has 0 bridgehead atoms. The van der Waals surface area contributed by atoms with Crippen LogP contribution < -0.4 is 5.32 Å². The van der Waals surface area contributed by atoms with E-state index in [9.17, 15) is 9.59 Å². The number of carbonyl (C=O) groups excluding carboxylic acids is 2. The Morgan fingerprint density at radius 3 is 2.45 bits per heavy atom. The smallest absolute Gasteiger partial charge is 0.234 e. The van der Waals surface area contributed by atoms with Crippen LogP contribution >= 0.6 is 0 Å². The van der Waals surface area contributed by atoms with Gasteiger partial charge in [0.25, 0.3) is 0 Å². The summed E-state index contributed by atoms with van der Waals surface area (Å²) in [6.07, 6.45) is 0.889. The van der Waals surface area contributed by atoms with Crippen molar-refractivity contribution in [3.05, 3.63) is 35.4 Å². The summed E-state index contributed by atoms with van der Waals surface area (Å²) in [6.45, 7) is 3.00. The lowest BCUT2D eigenvalue weighted by Gasteiger charge is -2.15. The van der Waals surface area contributed by atoms with Crippen molar-refractivity contribution in [2.75, 3.05) is 26.7 Å². The molecule has 0 spiro atoms. The Morgan fingerprint density at radius 1 is 1.25 bits per heavy atom. The largest absolute Gasteiger partial charge is 0.355 e. The summed E-state index contributed by atoms with van der Waals surface area (Å²) >= 11 is 0. The van der Waals surface area contributed by atoms with E-state index in [-0.39, 0.29) is 24.8 Å². The first-order valence-electron chi connectivity index (χ1n) is 6.55. The van der Waals surface area contributed by atoms with E-state index in [1.54, 1.807) is 36.2 Å². The van der Waals surface area contributed by atoms with E-state index < -0.39 is 0 Å². The highest BCUT2D eigenvalue weighted by molar-refractivity contribution is 5.97. The van der Waals surface area contributed by atoms with Gasteiger partial charge < -0.3 is 5.32 Å². The van der Waals surface area contributed by atoms with Crippen LogP contribution in [0.4, 0.5) is 0 Å². The molecule has 5 nitrogen and oxygen atoms in total. The number of hydrogen-bond donors (Lipinski definition) is 1. The van der Waals surface area contributed by atoms with Crippen molar-refractivity contribution in [2.45, 2.75) is 13.3 Å². The lowest BCUT2D eigenvalue weighted by Crippen LogP contribution is -2.37. The van der Waals surface area contributed by atoms with Crippen LogP contribution in [0.15, 0.2) is 24.3 Å². The standard InChI is InChI=1S/C15H19N3O2/c1-3-8-17-15(20)11-18(2)10-14(19)13-6-4-12(9-16)5-7-13/h4-7H,3,8,10-11H2,1-2H3,(H,17,20). The van der Waals surface area contributed by atoms with E-state index in [2.05, 4.69) is 5.32 Å². The molecule has 1 N–H and O–H groups in total. The maximum Gasteiger partial charge on any atom is 0.234 e. The third-order valence-electron chi connectivity index (χ3n) is 2.74. The molecule has 0 radical (unpaired) electrons. The van der Waals surface area contributed by atoms with Crippen molar-refractivity contribution in [3.63, 3.8) is 0 Å². The van der Waals surface area contributed by atoms with E-state index in [1.165, 1.54) is 0 Å². The third-order valence-corrected chi connectivity index (χ3v) is 2.74. The molecule has 0 saturated carbocycles. The number of nitrogens with one attached hydrogen (secondary N) is 1. The van der Waals surface area contributed by atoms with Gasteiger partial charge in [0, 0.05) is 12.1 Å². The van der Waals surface area contributed by atoms with Gasteiger partial charge in [-0.2, -0.15) is 5.26 Å². The molecule has 1 rings (SSSR count). The number of benzene rings is 1. The fourth-order valence-corrected chi connectivity index (χ4v) is 1.69. The van der Waals surface area contributed by atoms with Crippen LogP contribution in [-0.2, 0) is 4.79 Å². The van der Waals surface area contributed by atoms with Crippen molar-refractivity contribution in [1.29, 1.82) is 5.26 Å². The van der Waals surface area contributed by atoms with Gasteiger partial charge in [-0.15, -0.1) is 0 Å². The Balaban J connectivity index is 2.48. The number of hydrogen-bond acceptors (Lipinski definition) is 4. The molecule has 20 heavy (non-hydrogen) atoms. The lowest BCUT2D eigenvalue weighted by molar-refractivity contribution is -0.121. The van der Waals surface area contributed by atoms with Gasteiger partial charge in [-0.25, -0.2) is 0 Å². The number of nitrogens with zero attached hydrogens (tertiary/aromatic N) is 2. The van der Waals surface area contributed by atoms with Gasteiger partial charge in [0.05, 0.1) is 24.7 Å². The molecule has 1 aromatic rings. The summed E-state index contributed by atoms with van der Waals surface area (Å²) < 4.78 is 0. The summed E-state index contributed by atoms with van der Waals surface area (Å²) in [4.78, 5) is 25.2. The Kier molecular flexibility index (Phi) is 6.41. The maximum absolute atomic E-state index is 12.0. The molecule has 0 aliphatic carbocycles. The monoisotopic (exact) mass is 273 g/mol. The molecule has 0 aromatic heterocycles. The molecule has 0 aliphatic heterocycles. The predicted octanol–water partition coefficient (Wildman–Crippen LogP) is 1.20. The number of nitriles is 1. The maximum atomic E-state index is 12.0. The van der Waals surface area contributed by atoms with Gasteiger partial charge in [-0.3, -0.25) is 14.5 Å². The fraction of sp³-hybridized carbons (Fsp3) is 0.400. The number of amides is 1. The summed E-state index contributed by atoms with van der Waals surface area (Å²) in [6, 6.07) is 8.49. The van der Waals surface area contributed by atoms with Crippen LogP contribution in [0.2, 0.25) is 0 Å². The van der Waals surface area contributed by atoms with Crippen LogP contribution in [0, 0.1) is 11.3 Å². The highest BCUT2D eigenvalue weighted by atomic mass is 16.2. The zero-order valence-electron chi connectivity index (χ0n) is 11.8. The summed E-state index contributed by atoms with van der Waals surface area (Å²) in [5, 5.41) is 11.5. The molecule has 1 aromatic carbocycles. The second-order valence-corrected chi connectivity index (χ2v) is 4.63. The molecule has 0 saturated heterocycles. The first-order valence-corrected chi connectivity index (χ1v) is 6.55. The van der Waals surface area contributed by atoms with Gasteiger partial charge in [0.1, 0.15) is 0 Å². The topological polar surface area (TPSA) is 73.2 Å². The molecule has 5 heteroatoms. The van der Waals surface area contributed by atoms with Crippen molar-refractivity contribution >= 4 is 11.7 Å². The summed E-state index contributed by atoms with van der Waals surface area (Å²) in [5.74, 6) is -0.151. The van der Waals surface area contributed by atoms with Crippen molar-refractivity contribution < 1.29 is 9.59 Å². The lowest BCUT2D eigenvalue weighted by atomic mass is 10.1. The quantitative estimate of drug-likeness (QED) is 0.758. The minimum absolute atomic E-state index is 0.0692. The van der Waals surface area contributed by atoms with E-state index in [1.807, 2.05) is 13.0 Å². The van der Waals surface area contributed by atoms with Crippen LogP contribution in [0.3, 0.4) is 0 Å². The SMILES string of the molecule is CCCNC(=O)CN(C)CC(=O)c1ccc(C#N)cc1. The summed E-state index contributed by atoms with van der Waals surface area (Å²) in [5.41, 5.74) is 1.07. The second-order valence-electron chi connectivity index (χ2n) is 4.63. The third kappa shape index (κ3) is 5.21. The number of ketones is 1. The molecular formula is C15H19N3O2. The average molecular weight is 273 g/mol. The zero-order valence-corrected chi connectivity index (χ0v) is 11.8. The van der Waals surface area contributed by atoms with Crippen LogP contribution in [0.5, 0.6) is 0 Å². The molecular weight excluding hydrogens is 254 g/mol. The van der Waals surface area contributed by atoms with Crippen molar-refractivity contribution in [2.24, 2.45) is 0 Å². The Morgan fingerprint density at radius 2 is 1.90 bits per heavy atom. The Hall–Kier alpha value is -2.19. The van der Waals surface area contributed by atoms with E-state index >= 15 is 0 Å². The number of Topliss-reactive ketones (excluding diaryl/α,β-unsaturated/α-hetero) is 1. The minimum Gasteiger partial charge on any atom is -0.355 e. The van der Waals surface area contributed by atoms with E-state index in [0.717, 1.165) is 6.42 Å². The molecule has 0 fully saturated rings. The number of carbonyl (C=O) groups is 2. The Labute approximate surface area is 119 Å².